The Bertz CT molecular complexity index is 765. The lowest BCUT2D eigenvalue weighted by atomic mass is 10.3. The van der Waals surface area contributed by atoms with E-state index in [0.717, 1.165) is 4.88 Å². The summed E-state index contributed by atoms with van der Waals surface area (Å²) in [6.07, 6.45) is 3.08. The summed E-state index contributed by atoms with van der Waals surface area (Å²) >= 11 is 1.61. The highest BCUT2D eigenvalue weighted by Gasteiger charge is 2.17. The number of hydrogen-bond acceptors (Lipinski definition) is 3. The summed E-state index contributed by atoms with van der Waals surface area (Å²) < 4.78 is 14.7. The van der Waals surface area contributed by atoms with Gasteiger partial charge in [0.15, 0.2) is 0 Å². The van der Waals surface area contributed by atoms with Gasteiger partial charge in [-0.2, -0.15) is 0 Å². The van der Waals surface area contributed by atoms with E-state index in [0.29, 0.717) is 17.9 Å². The lowest BCUT2D eigenvalue weighted by Gasteiger charge is -2.17. The van der Waals surface area contributed by atoms with Crippen molar-refractivity contribution in [3.63, 3.8) is 0 Å². The van der Waals surface area contributed by atoms with Gasteiger partial charge in [-0.25, -0.2) is 9.37 Å². The van der Waals surface area contributed by atoms with Crippen molar-refractivity contribution in [1.29, 1.82) is 0 Å². The van der Waals surface area contributed by atoms with E-state index in [1.807, 2.05) is 17.5 Å². The first kappa shape index (κ1) is 14.5. The molecule has 0 atom stereocenters. The number of halogens is 1. The molecule has 1 aromatic carbocycles. The van der Waals surface area contributed by atoms with Crippen LogP contribution in [0.2, 0.25) is 0 Å². The zero-order valence-corrected chi connectivity index (χ0v) is 12.8. The van der Waals surface area contributed by atoms with Gasteiger partial charge in [-0.3, -0.25) is 9.36 Å². The summed E-state index contributed by atoms with van der Waals surface area (Å²) in [4.78, 5) is 19.4. The highest BCUT2D eigenvalue weighted by Crippen LogP contribution is 2.16. The van der Waals surface area contributed by atoms with Gasteiger partial charge in [-0.1, -0.05) is 6.07 Å². The van der Waals surface area contributed by atoms with Crippen molar-refractivity contribution < 1.29 is 9.18 Å². The molecule has 0 fully saturated rings. The minimum absolute atomic E-state index is 0.129. The van der Waals surface area contributed by atoms with Crippen LogP contribution in [0.3, 0.4) is 0 Å². The monoisotopic (exact) mass is 315 g/mol. The summed E-state index contributed by atoms with van der Waals surface area (Å²) in [7, 11) is 1.75. The smallest absolute Gasteiger partial charge is 0.272 e. The number of hydrogen-bond donors (Lipinski definition) is 0. The van der Waals surface area contributed by atoms with E-state index in [-0.39, 0.29) is 11.7 Å². The van der Waals surface area contributed by atoms with Crippen molar-refractivity contribution in [2.75, 3.05) is 7.05 Å². The Morgan fingerprint density at radius 1 is 1.32 bits per heavy atom. The number of thiophene rings is 1. The van der Waals surface area contributed by atoms with Gasteiger partial charge in [0.25, 0.3) is 5.91 Å². The number of rotatable bonds is 4. The standard InChI is InChI=1S/C16H14FN3OS/c1-19(10-14-3-2-8-22-14)16(21)15-9-18-11-20(15)13-6-4-12(17)5-7-13/h2-9,11H,10H2,1H3. The van der Waals surface area contributed by atoms with E-state index in [4.69, 9.17) is 0 Å². The number of carbonyl (C=O) groups excluding carboxylic acids is 1. The van der Waals surface area contributed by atoms with Crippen molar-refractivity contribution in [2.24, 2.45) is 0 Å². The van der Waals surface area contributed by atoms with E-state index >= 15 is 0 Å². The molecule has 0 saturated heterocycles. The minimum Gasteiger partial charge on any atom is -0.335 e. The van der Waals surface area contributed by atoms with E-state index in [2.05, 4.69) is 4.98 Å². The largest absolute Gasteiger partial charge is 0.335 e. The van der Waals surface area contributed by atoms with E-state index < -0.39 is 0 Å². The maximum absolute atomic E-state index is 13.0. The van der Waals surface area contributed by atoms with Gasteiger partial charge in [0.2, 0.25) is 0 Å². The van der Waals surface area contributed by atoms with Crippen LogP contribution in [0.15, 0.2) is 54.3 Å². The zero-order chi connectivity index (χ0) is 15.5. The van der Waals surface area contributed by atoms with Gasteiger partial charge in [0, 0.05) is 17.6 Å². The molecule has 22 heavy (non-hydrogen) atoms. The molecule has 0 saturated carbocycles. The Balaban J connectivity index is 1.84. The van der Waals surface area contributed by atoms with E-state index in [9.17, 15) is 9.18 Å². The number of benzene rings is 1. The molecular weight excluding hydrogens is 301 g/mol. The second kappa shape index (κ2) is 6.11. The number of carbonyl (C=O) groups is 1. The molecule has 2 heterocycles. The lowest BCUT2D eigenvalue weighted by Crippen LogP contribution is -2.27. The molecule has 112 valence electrons. The highest BCUT2D eigenvalue weighted by molar-refractivity contribution is 7.09. The van der Waals surface area contributed by atoms with Gasteiger partial charge in [0.05, 0.1) is 19.1 Å². The molecule has 6 heteroatoms. The van der Waals surface area contributed by atoms with Crippen LogP contribution >= 0.6 is 11.3 Å². The van der Waals surface area contributed by atoms with Gasteiger partial charge in [0.1, 0.15) is 11.5 Å². The summed E-state index contributed by atoms with van der Waals surface area (Å²) in [6, 6.07) is 9.91. The maximum atomic E-state index is 13.0. The second-order valence-corrected chi connectivity index (χ2v) is 5.90. The van der Waals surface area contributed by atoms with Crippen LogP contribution in [0.25, 0.3) is 5.69 Å². The van der Waals surface area contributed by atoms with Crippen LogP contribution < -0.4 is 0 Å². The van der Waals surface area contributed by atoms with Crippen LogP contribution in [-0.2, 0) is 6.54 Å². The molecule has 0 unspecified atom stereocenters. The fourth-order valence-electron chi connectivity index (χ4n) is 2.16. The zero-order valence-electron chi connectivity index (χ0n) is 11.9. The molecule has 0 N–H and O–H groups in total. The van der Waals surface area contributed by atoms with Crippen molar-refractivity contribution in [1.82, 2.24) is 14.5 Å². The molecule has 1 amide bonds. The fourth-order valence-corrected chi connectivity index (χ4v) is 2.92. The third-order valence-electron chi connectivity index (χ3n) is 3.28. The van der Waals surface area contributed by atoms with Crippen LogP contribution in [-0.4, -0.2) is 27.4 Å². The van der Waals surface area contributed by atoms with Crippen molar-refractivity contribution in [2.45, 2.75) is 6.54 Å². The predicted octanol–water partition coefficient (Wildman–Crippen LogP) is 3.35. The maximum Gasteiger partial charge on any atom is 0.272 e. The van der Waals surface area contributed by atoms with E-state index in [1.165, 1.54) is 18.3 Å². The van der Waals surface area contributed by atoms with Gasteiger partial charge in [-0.05, 0) is 35.7 Å². The van der Waals surface area contributed by atoms with Crippen molar-refractivity contribution >= 4 is 17.2 Å². The average molecular weight is 315 g/mol. The number of amides is 1. The molecule has 3 rings (SSSR count). The normalized spacial score (nSPS) is 10.6. The lowest BCUT2D eigenvalue weighted by molar-refractivity contribution is 0.0778. The Morgan fingerprint density at radius 2 is 2.09 bits per heavy atom. The molecule has 0 bridgehead atoms. The molecule has 0 radical (unpaired) electrons. The van der Waals surface area contributed by atoms with Gasteiger partial charge >= 0.3 is 0 Å². The third kappa shape index (κ3) is 2.92. The first-order valence-corrected chi connectivity index (χ1v) is 7.59. The molecule has 0 aliphatic heterocycles. The average Bonchev–Trinajstić information content (AvgIpc) is 3.18. The quantitative estimate of drug-likeness (QED) is 0.740. The van der Waals surface area contributed by atoms with Crippen LogP contribution in [0.4, 0.5) is 4.39 Å². The second-order valence-electron chi connectivity index (χ2n) is 4.87. The summed E-state index contributed by atoms with van der Waals surface area (Å²) in [5.41, 5.74) is 1.15. The van der Waals surface area contributed by atoms with Crippen LogP contribution in [0.1, 0.15) is 15.4 Å². The third-order valence-corrected chi connectivity index (χ3v) is 4.14. The first-order valence-electron chi connectivity index (χ1n) is 6.71. The summed E-state index contributed by atoms with van der Waals surface area (Å²) in [5, 5.41) is 1.98. The van der Waals surface area contributed by atoms with Crippen molar-refractivity contribution in [3.05, 3.63) is 70.7 Å². The first-order chi connectivity index (χ1) is 10.6. The molecule has 0 spiro atoms. The van der Waals surface area contributed by atoms with Crippen LogP contribution in [0, 0.1) is 5.82 Å². The van der Waals surface area contributed by atoms with Gasteiger partial charge in [-0.15, -0.1) is 11.3 Å². The minimum atomic E-state index is -0.313. The number of aromatic nitrogens is 2. The Hall–Kier alpha value is -2.47. The fraction of sp³-hybridized carbons (Fsp3) is 0.125. The van der Waals surface area contributed by atoms with Crippen LogP contribution in [0.5, 0.6) is 0 Å². The molecule has 0 aliphatic rings. The Morgan fingerprint density at radius 3 is 2.77 bits per heavy atom. The number of nitrogens with zero attached hydrogens (tertiary/aromatic N) is 3. The molecule has 0 aliphatic carbocycles. The summed E-state index contributed by atoms with van der Waals surface area (Å²) in [5.74, 6) is -0.443. The summed E-state index contributed by atoms with van der Waals surface area (Å²) in [6.45, 7) is 0.547. The molecular formula is C16H14FN3OS. The Labute approximate surface area is 131 Å². The van der Waals surface area contributed by atoms with E-state index in [1.54, 1.807) is 46.3 Å². The Kier molecular flexibility index (Phi) is 4.02. The molecule has 4 nitrogen and oxygen atoms in total. The highest BCUT2D eigenvalue weighted by atomic mass is 32.1. The SMILES string of the molecule is CN(Cc1cccs1)C(=O)c1cncn1-c1ccc(F)cc1. The van der Waals surface area contributed by atoms with Gasteiger partial charge < -0.3 is 4.90 Å². The topological polar surface area (TPSA) is 38.1 Å². The molecule has 2 aromatic heterocycles. The predicted molar refractivity (Wildman–Crippen MR) is 83.6 cm³/mol. The van der Waals surface area contributed by atoms with Crippen molar-refractivity contribution in [3.8, 4) is 5.69 Å². The number of imidazole rings is 1. The molecule has 3 aromatic rings.